The maximum absolute atomic E-state index is 4.51. The molecule has 2 aliphatic heterocycles. The predicted molar refractivity (Wildman–Crippen MR) is 68.5 cm³/mol. The van der Waals surface area contributed by atoms with Gasteiger partial charge in [0.25, 0.3) is 0 Å². The number of rotatable bonds is 2. The highest BCUT2D eigenvalue weighted by Crippen LogP contribution is 2.20. The first kappa shape index (κ1) is 11.0. The second-order valence-corrected chi connectivity index (χ2v) is 5.12. The molecule has 17 heavy (non-hydrogen) atoms. The lowest BCUT2D eigenvalue weighted by Gasteiger charge is -2.33. The van der Waals surface area contributed by atoms with Crippen LogP contribution in [0.25, 0.3) is 0 Å². The molecule has 1 atom stereocenters. The first-order valence-corrected chi connectivity index (χ1v) is 6.51. The molecule has 3 heterocycles. The summed E-state index contributed by atoms with van der Waals surface area (Å²) in [6.45, 7) is 6.71. The molecule has 1 aromatic rings. The van der Waals surface area contributed by atoms with Crippen molar-refractivity contribution in [2.24, 2.45) is 0 Å². The normalized spacial score (nSPS) is 26.6. The quantitative estimate of drug-likeness (QED) is 0.793. The topological polar surface area (TPSA) is 36.3 Å². The van der Waals surface area contributed by atoms with Crippen LogP contribution in [0.5, 0.6) is 0 Å². The Labute approximate surface area is 102 Å². The zero-order valence-corrected chi connectivity index (χ0v) is 10.5. The Morgan fingerprint density at radius 3 is 2.82 bits per heavy atom. The molecule has 0 aliphatic carbocycles. The van der Waals surface area contributed by atoms with Crippen molar-refractivity contribution < 1.29 is 0 Å². The maximum Gasteiger partial charge on any atom is 0.0753 e. The summed E-state index contributed by atoms with van der Waals surface area (Å²) in [6, 6.07) is 0.552. The van der Waals surface area contributed by atoms with Gasteiger partial charge in [0.2, 0.25) is 0 Å². The summed E-state index contributed by atoms with van der Waals surface area (Å²) in [5.74, 6) is 0. The van der Waals surface area contributed by atoms with E-state index >= 15 is 0 Å². The van der Waals surface area contributed by atoms with Crippen LogP contribution in [-0.4, -0.2) is 61.0 Å². The Bertz CT molecular complexity index is 361. The Hall–Kier alpha value is -1.07. The molecule has 0 amide bonds. The molecule has 1 N–H and O–H groups in total. The van der Waals surface area contributed by atoms with E-state index in [-0.39, 0.29) is 0 Å². The minimum Gasteiger partial charge on any atom is -0.366 e. The third-order valence-electron chi connectivity index (χ3n) is 3.86. The van der Waals surface area contributed by atoms with E-state index < -0.39 is 0 Å². The predicted octanol–water partition coefficient (Wildman–Crippen LogP) is 0.169. The van der Waals surface area contributed by atoms with E-state index in [1.807, 2.05) is 6.20 Å². The smallest absolute Gasteiger partial charge is 0.0753 e. The van der Waals surface area contributed by atoms with Gasteiger partial charge in [-0.1, -0.05) is 0 Å². The van der Waals surface area contributed by atoms with Crippen molar-refractivity contribution in [2.45, 2.75) is 12.5 Å². The van der Waals surface area contributed by atoms with Crippen LogP contribution in [0.1, 0.15) is 12.5 Å². The van der Waals surface area contributed by atoms with E-state index in [0.29, 0.717) is 6.04 Å². The minimum absolute atomic E-state index is 0.552. The number of aromatic nitrogens is 2. The van der Waals surface area contributed by atoms with Crippen LogP contribution in [0, 0.1) is 0 Å². The standard InChI is InChI=1S/C12H21N5/c1-15-4-6-16(7-5-15)12-9-14-17(10-12)11-2-3-13-8-11/h9-11,13H,2-8H2,1H3. The number of piperazine rings is 1. The summed E-state index contributed by atoms with van der Waals surface area (Å²) in [7, 11) is 2.19. The summed E-state index contributed by atoms with van der Waals surface area (Å²) >= 11 is 0. The number of nitrogens with one attached hydrogen (secondary N) is 1. The van der Waals surface area contributed by atoms with Crippen molar-refractivity contribution in [2.75, 3.05) is 51.2 Å². The number of nitrogens with zero attached hydrogens (tertiary/aromatic N) is 4. The number of anilines is 1. The first-order valence-electron chi connectivity index (χ1n) is 6.51. The molecule has 94 valence electrons. The molecule has 5 heteroatoms. The van der Waals surface area contributed by atoms with E-state index in [0.717, 1.165) is 39.3 Å². The van der Waals surface area contributed by atoms with Crippen LogP contribution in [-0.2, 0) is 0 Å². The van der Waals surface area contributed by atoms with Gasteiger partial charge in [-0.25, -0.2) is 0 Å². The fraction of sp³-hybridized carbons (Fsp3) is 0.750. The highest BCUT2D eigenvalue weighted by atomic mass is 15.3. The molecule has 2 saturated heterocycles. The molecule has 1 unspecified atom stereocenters. The summed E-state index contributed by atoms with van der Waals surface area (Å²) in [4.78, 5) is 4.81. The molecule has 1 aromatic heterocycles. The van der Waals surface area contributed by atoms with Gasteiger partial charge in [0, 0.05) is 38.9 Å². The highest BCUT2D eigenvalue weighted by Gasteiger charge is 2.20. The number of likely N-dealkylation sites (N-methyl/N-ethyl adjacent to an activating group) is 1. The summed E-state index contributed by atoms with van der Waals surface area (Å²) in [6.07, 6.45) is 5.43. The van der Waals surface area contributed by atoms with E-state index in [2.05, 4.69) is 38.1 Å². The molecule has 5 nitrogen and oxygen atoms in total. The van der Waals surface area contributed by atoms with Crippen molar-refractivity contribution in [1.29, 1.82) is 0 Å². The van der Waals surface area contributed by atoms with E-state index in [1.165, 1.54) is 12.1 Å². The van der Waals surface area contributed by atoms with Gasteiger partial charge in [-0.05, 0) is 20.0 Å². The van der Waals surface area contributed by atoms with Gasteiger partial charge in [-0.3, -0.25) is 4.68 Å². The van der Waals surface area contributed by atoms with Gasteiger partial charge in [0.05, 0.1) is 17.9 Å². The molecular weight excluding hydrogens is 214 g/mol. The molecule has 0 saturated carbocycles. The third kappa shape index (κ3) is 2.30. The van der Waals surface area contributed by atoms with Crippen LogP contribution in [0.3, 0.4) is 0 Å². The second kappa shape index (κ2) is 4.66. The zero-order valence-electron chi connectivity index (χ0n) is 10.5. The fourth-order valence-corrected chi connectivity index (χ4v) is 2.62. The number of hydrogen-bond acceptors (Lipinski definition) is 4. The molecule has 0 bridgehead atoms. The van der Waals surface area contributed by atoms with Gasteiger partial charge < -0.3 is 15.1 Å². The largest absolute Gasteiger partial charge is 0.366 e. The van der Waals surface area contributed by atoms with Gasteiger partial charge in [-0.2, -0.15) is 5.10 Å². The zero-order chi connectivity index (χ0) is 11.7. The Balaban J connectivity index is 1.67. The van der Waals surface area contributed by atoms with Crippen molar-refractivity contribution in [3.8, 4) is 0 Å². The SMILES string of the molecule is CN1CCN(c2cnn(C3CCNC3)c2)CC1. The molecule has 2 aliphatic rings. The van der Waals surface area contributed by atoms with Crippen LogP contribution >= 0.6 is 0 Å². The van der Waals surface area contributed by atoms with Gasteiger partial charge in [0.15, 0.2) is 0 Å². The Morgan fingerprint density at radius 2 is 2.12 bits per heavy atom. The van der Waals surface area contributed by atoms with Crippen LogP contribution in [0.15, 0.2) is 12.4 Å². The lowest BCUT2D eigenvalue weighted by Crippen LogP contribution is -2.44. The summed E-state index contributed by atoms with van der Waals surface area (Å²) in [5, 5.41) is 7.90. The van der Waals surface area contributed by atoms with Crippen molar-refractivity contribution in [3.63, 3.8) is 0 Å². The summed E-state index contributed by atoms with van der Waals surface area (Å²) < 4.78 is 2.13. The van der Waals surface area contributed by atoms with E-state index in [4.69, 9.17) is 0 Å². The maximum atomic E-state index is 4.51. The van der Waals surface area contributed by atoms with Crippen molar-refractivity contribution in [1.82, 2.24) is 20.0 Å². The monoisotopic (exact) mass is 235 g/mol. The molecule has 0 spiro atoms. The first-order chi connectivity index (χ1) is 8.33. The Kier molecular flexibility index (Phi) is 3.03. The van der Waals surface area contributed by atoms with Crippen LogP contribution < -0.4 is 10.2 Å². The molecule has 0 aromatic carbocycles. The van der Waals surface area contributed by atoms with Gasteiger partial charge >= 0.3 is 0 Å². The molecule has 2 fully saturated rings. The second-order valence-electron chi connectivity index (χ2n) is 5.12. The Morgan fingerprint density at radius 1 is 1.29 bits per heavy atom. The van der Waals surface area contributed by atoms with Crippen LogP contribution in [0.4, 0.5) is 5.69 Å². The van der Waals surface area contributed by atoms with Crippen molar-refractivity contribution in [3.05, 3.63) is 12.4 Å². The van der Waals surface area contributed by atoms with Crippen molar-refractivity contribution >= 4 is 5.69 Å². The highest BCUT2D eigenvalue weighted by molar-refractivity contribution is 5.43. The van der Waals surface area contributed by atoms with E-state index in [9.17, 15) is 0 Å². The van der Waals surface area contributed by atoms with Crippen LogP contribution in [0.2, 0.25) is 0 Å². The molecule has 3 rings (SSSR count). The fourth-order valence-electron chi connectivity index (χ4n) is 2.62. The van der Waals surface area contributed by atoms with Gasteiger partial charge in [0.1, 0.15) is 0 Å². The van der Waals surface area contributed by atoms with E-state index in [1.54, 1.807) is 0 Å². The lowest BCUT2D eigenvalue weighted by molar-refractivity contribution is 0.313. The number of hydrogen-bond donors (Lipinski definition) is 1. The molecule has 0 radical (unpaired) electrons. The third-order valence-corrected chi connectivity index (χ3v) is 3.86. The van der Waals surface area contributed by atoms with Gasteiger partial charge in [-0.15, -0.1) is 0 Å². The summed E-state index contributed by atoms with van der Waals surface area (Å²) in [5.41, 5.74) is 1.28. The lowest BCUT2D eigenvalue weighted by atomic mass is 10.3. The molecular formula is C12H21N5. The average Bonchev–Trinajstić information content (AvgIpc) is 3.00. The minimum atomic E-state index is 0.552. The average molecular weight is 235 g/mol.